The fraction of sp³-hybridized carbons (Fsp3) is 0.462. The summed E-state index contributed by atoms with van der Waals surface area (Å²) in [4.78, 5) is 11.1. The van der Waals surface area contributed by atoms with E-state index in [1.807, 2.05) is 12.1 Å². The average Bonchev–Trinajstić information content (AvgIpc) is 2.63. The van der Waals surface area contributed by atoms with Crippen molar-refractivity contribution >= 4 is 5.91 Å². The molecule has 0 saturated carbocycles. The minimum Gasteiger partial charge on any atom is -0.394 e. The Morgan fingerprint density at radius 1 is 1.59 bits per heavy atom. The highest BCUT2D eigenvalue weighted by atomic mass is 16.3. The molecular formula is C13H18N2O2. The van der Waals surface area contributed by atoms with E-state index in [0.717, 1.165) is 6.42 Å². The number of hydrogen-bond acceptors (Lipinski definition) is 3. The second-order valence-electron chi connectivity index (χ2n) is 4.60. The van der Waals surface area contributed by atoms with Gasteiger partial charge < -0.3 is 16.2 Å². The van der Waals surface area contributed by atoms with Crippen LogP contribution in [-0.2, 0) is 11.2 Å². The number of aliphatic hydroxyl groups excluding tert-OH is 1. The number of carbonyl (C=O) groups is 1. The van der Waals surface area contributed by atoms with Crippen molar-refractivity contribution in [3.05, 3.63) is 35.4 Å². The molecule has 0 saturated heterocycles. The number of amides is 1. The number of rotatable bonds is 4. The topological polar surface area (TPSA) is 75.3 Å². The standard InChI is InChI=1S/C13H18N2O2/c1-8-10-5-3-2-4-9(10)6-11(8)15-12(7-16)13(14)17/h2-5,8,11-12,15-16H,6-7H2,1H3,(H2,14,17)/t8?,11?,12-/m0/s1. The van der Waals surface area contributed by atoms with Crippen molar-refractivity contribution in [3.8, 4) is 0 Å². The average molecular weight is 234 g/mol. The zero-order valence-electron chi connectivity index (χ0n) is 9.89. The van der Waals surface area contributed by atoms with Gasteiger partial charge in [0.25, 0.3) is 0 Å². The molecule has 1 aliphatic rings. The first-order valence-corrected chi connectivity index (χ1v) is 5.87. The molecule has 2 unspecified atom stereocenters. The summed E-state index contributed by atoms with van der Waals surface area (Å²) in [5.74, 6) is -0.171. The van der Waals surface area contributed by atoms with E-state index in [9.17, 15) is 4.79 Å². The number of carbonyl (C=O) groups excluding carboxylic acids is 1. The summed E-state index contributed by atoms with van der Waals surface area (Å²) in [5, 5.41) is 12.2. The van der Waals surface area contributed by atoms with Crippen LogP contribution < -0.4 is 11.1 Å². The van der Waals surface area contributed by atoms with Crippen LogP contribution in [0.3, 0.4) is 0 Å². The van der Waals surface area contributed by atoms with Gasteiger partial charge in [0.15, 0.2) is 0 Å². The van der Waals surface area contributed by atoms with Gasteiger partial charge in [-0.3, -0.25) is 4.79 Å². The van der Waals surface area contributed by atoms with Gasteiger partial charge in [0, 0.05) is 6.04 Å². The Balaban J connectivity index is 2.09. The third-order valence-electron chi connectivity index (χ3n) is 3.53. The van der Waals surface area contributed by atoms with Crippen molar-refractivity contribution in [2.45, 2.75) is 31.3 Å². The number of aliphatic hydroxyl groups is 1. The van der Waals surface area contributed by atoms with Crippen molar-refractivity contribution in [2.24, 2.45) is 5.73 Å². The molecule has 2 rings (SSSR count). The molecule has 4 heteroatoms. The molecule has 0 aromatic heterocycles. The Labute approximate surface area is 101 Å². The molecule has 1 aliphatic carbocycles. The van der Waals surface area contributed by atoms with Gasteiger partial charge in [-0.25, -0.2) is 0 Å². The van der Waals surface area contributed by atoms with E-state index in [4.69, 9.17) is 10.8 Å². The van der Waals surface area contributed by atoms with Crippen LogP contribution in [0.1, 0.15) is 24.0 Å². The molecule has 0 aliphatic heterocycles. The lowest BCUT2D eigenvalue weighted by Gasteiger charge is -2.22. The SMILES string of the molecule is CC1c2ccccc2CC1N[C@@H](CO)C(N)=O. The Kier molecular flexibility index (Phi) is 3.45. The van der Waals surface area contributed by atoms with E-state index < -0.39 is 11.9 Å². The minimum atomic E-state index is -0.656. The largest absolute Gasteiger partial charge is 0.394 e. The quantitative estimate of drug-likeness (QED) is 0.694. The Hall–Kier alpha value is -1.39. The van der Waals surface area contributed by atoms with Gasteiger partial charge in [-0.1, -0.05) is 31.2 Å². The molecule has 0 bridgehead atoms. The molecule has 4 N–H and O–H groups in total. The van der Waals surface area contributed by atoms with E-state index in [-0.39, 0.29) is 12.6 Å². The van der Waals surface area contributed by atoms with Crippen molar-refractivity contribution in [1.82, 2.24) is 5.32 Å². The lowest BCUT2D eigenvalue weighted by Crippen LogP contribution is -2.49. The van der Waals surface area contributed by atoms with Gasteiger partial charge in [0.05, 0.1) is 6.61 Å². The van der Waals surface area contributed by atoms with Crippen LogP contribution in [0.15, 0.2) is 24.3 Å². The van der Waals surface area contributed by atoms with Crippen molar-refractivity contribution in [2.75, 3.05) is 6.61 Å². The van der Waals surface area contributed by atoms with Crippen LogP contribution in [0.5, 0.6) is 0 Å². The summed E-state index contributed by atoms with van der Waals surface area (Å²) >= 11 is 0. The van der Waals surface area contributed by atoms with E-state index in [0.29, 0.717) is 5.92 Å². The van der Waals surface area contributed by atoms with Crippen molar-refractivity contribution in [1.29, 1.82) is 0 Å². The van der Waals surface area contributed by atoms with E-state index in [2.05, 4.69) is 24.4 Å². The Bertz CT molecular complexity index is 420. The lowest BCUT2D eigenvalue weighted by atomic mass is 10.0. The second-order valence-corrected chi connectivity index (χ2v) is 4.60. The van der Waals surface area contributed by atoms with Crippen LogP contribution in [-0.4, -0.2) is 29.7 Å². The zero-order chi connectivity index (χ0) is 12.4. The maximum Gasteiger partial charge on any atom is 0.236 e. The molecule has 0 spiro atoms. The summed E-state index contributed by atoms with van der Waals surface area (Å²) in [7, 11) is 0. The van der Waals surface area contributed by atoms with Crippen LogP contribution in [0.25, 0.3) is 0 Å². The molecule has 1 aromatic rings. The molecule has 17 heavy (non-hydrogen) atoms. The smallest absolute Gasteiger partial charge is 0.236 e. The first-order chi connectivity index (χ1) is 8.13. The number of primary amides is 1. The highest BCUT2D eigenvalue weighted by Gasteiger charge is 2.31. The van der Waals surface area contributed by atoms with Crippen LogP contribution in [0, 0.1) is 0 Å². The second kappa shape index (κ2) is 4.85. The molecule has 1 amide bonds. The van der Waals surface area contributed by atoms with Gasteiger partial charge in [-0.2, -0.15) is 0 Å². The molecule has 4 nitrogen and oxygen atoms in total. The lowest BCUT2D eigenvalue weighted by molar-refractivity contribution is -0.121. The zero-order valence-corrected chi connectivity index (χ0v) is 9.89. The maximum absolute atomic E-state index is 11.1. The monoisotopic (exact) mass is 234 g/mol. The summed E-state index contributed by atoms with van der Waals surface area (Å²) < 4.78 is 0. The molecular weight excluding hydrogens is 216 g/mol. The molecule has 3 atom stereocenters. The van der Waals surface area contributed by atoms with E-state index in [1.54, 1.807) is 0 Å². The number of fused-ring (bicyclic) bond motifs is 1. The Morgan fingerprint density at radius 2 is 2.29 bits per heavy atom. The van der Waals surface area contributed by atoms with Crippen LogP contribution in [0.4, 0.5) is 0 Å². The van der Waals surface area contributed by atoms with Gasteiger partial charge in [0.2, 0.25) is 5.91 Å². The fourth-order valence-electron chi connectivity index (χ4n) is 2.48. The van der Waals surface area contributed by atoms with Crippen molar-refractivity contribution < 1.29 is 9.90 Å². The van der Waals surface area contributed by atoms with Gasteiger partial charge >= 0.3 is 0 Å². The number of benzene rings is 1. The maximum atomic E-state index is 11.1. The summed E-state index contributed by atoms with van der Waals surface area (Å²) in [6.45, 7) is 1.87. The summed E-state index contributed by atoms with van der Waals surface area (Å²) in [5.41, 5.74) is 7.83. The third-order valence-corrected chi connectivity index (χ3v) is 3.53. The molecule has 0 fully saturated rings. The number of nitrogens with two attached hydrogens (primary N) is 1. The van der Waals surface area contributed by atoms with Gasteiger partial charge in [0.1, 0.15) is 6.04 Å². The third kappa shape index (κ3) is 2.33. The highest BCUT2D eigenvalue weighted by Crippen LogP contribution is 2.32. The van der Waals surface area contributed by atoms with Gasteiger partial charge in [-0.05, 0) is 23.5 Å². The minimum absolute atomic E-state index is 0.164. The first kappa shape index (κ1) is 12.1. The highest BCUT2D eigenvalue weighted by molar-refractivity contribution is 5.80. The summed E-state index contributed by atoms with van der Waals surface area (Å²) in [6.07, 6.45) is 0.876. The van der Waals surface area contributed by atoms with Crippen LogP contribution >= 0.6 is 0 Å². The van der Waals surface area contributed by atoms with E-state index >= 15 is 0 Å². The Morgan fingerprint density at radius 3 is 2.88 bits per heavy atom. The van der Waals surface area contributed by atoms with Crippen LogP contribution in [0.2, 0.25) is 0 Å². The molecule has 0 heterocycles. The predicted octanol–water partition coefficient (Wildman–Crippen LogP) is 0.151. The van der Waals surface area contributed by atoms with E-state index in [1.165, 1.54) is 11.1 Å². The summed E-state index contributed by atoms with van der Waals surface area (Å²) in [6, 6.07) is 7.76. The normalized spacial score (nSPS) is 24.4. The van der Waals surface area contributed by atoms with Crippen molar-refractivity contribution in [3.63, 3.8) is 0 Å². The number of nitrogens with one attached hydrogen (secondary N) is 1. The van der Waals surface area contributed by atoms with Gasteiger partial charge in [-0.15, -0.1) is 0 Å². The molecule has 1 aromatic carbocycles. The molecule has 0 radical (unpaired) electrons. The predicted molar refractivity (Wildman–Crippen MR) is 65.6 cm³/mol. The number of hydrogen-bond donors (Lipinski definition) is 3. The molecule has 92 valence electrons. The fourth-order valence-corrected chi connectivity index (χ4v) is 2.48. The first-order valence-electron chi connectivity index (χ1n) is 5.87.